The molecule has 3 N–H and O–H groups in total. The van der Waals surface area contributed by atoms with Crippen LogP contribution in [0.1, 0.15) is 47.6 Å². The molecular formula is C28H28N2O5. The Morgan fingerprint density at radius 2 is 1.46 bits per heavy atom. The molecule has 1 aliphatic rings. The van der Waals surface area contributed by atoms with Gasteiger partial charge in [-0.3, -0.25) is 9.59 Å². The number of aliphatic carboxylic acids is 1. The van der Waals surface area contributed by atoms with Gasteiger partial charge in [-0.1, -0.05) is 72.8 Å². The van der Waals surface area contributed by atoms with E-state index in [9.17, 15) is 19.5 Å². The maximum atomic E-state index is 12.9. The Kier molecular flexibility index (Phi) is 7.15. The molecule has 2 amide bonds. The first-order valence-electron chi connectivity index (χ1n) is 11.5. The molecule has 0 aromatic heterocycles. The minimum Gasteiger partial charge on any atom is -0.481 e. The second kappa shape index (κ2) is 10.4. The highest BCUT2D eigenvalue weighted by molar-refractivity contribution is 5.89. The molecule has 0 fully saturated rings. The molecule has 0 bridgehead atoms. The molecule has 2 atom stereocenters. The number of carboxylic acids is 1. The van der Waals surface area contributed by atoms with Gasteiger partial charge in [0.25, 0.3) is 0 Å². The highest BCUT2D eigenvalue weighted by Crippen LogP contribution is 2.44. The molecule has 0 heterocycles. The van der Waals surface area contributed by atoms with Gasteiger partial charge in [-0.05, 0) is 47.2 Å². The van der Waals surface area contributed by atoms with E-state index in [1.165, 1.54) is 0 Å². The predicted molar refractivity (Wildman–Crippen MR) is 132 cm³/mol. The Bertz CT molecular complexity index is 1210. The van der Waals surface area contributed by atoms with E-state index < -0.39 is 30.4 Å². The maximum absolute atomic E-state index is 12.9. The van der Waals surface area contributed by atoms with Gasteiger partial charge in [-0.15, -0.1) is 0 Å². The van der Waals surface area contributed by atoms with Crippen molar-refractivity contribution in [3.63, 3.8) is 0 Å². The molecule has 7 nitrogen and oxygen atoms in total. The molecule has 35 heavy (non-hydrogen) atoms. The minimum absolute atomic E-state index is 0.0703. The van der Waals surface area contributed by atoms with Crippen LogP contribution in [0.3, 0.4) is 0 Å². The van der Waals surface area contributed by atoms with Gasteiger partial charge in [-0.2, -0.15) is 0 Å². The van der Waals surface area contributed by atoms with E-state index in [4.69, 9.17) is 4.74 Å². The zero-order valence-corrected chi connectivity index (χ0v) is 19.7. The Labute approximate surface area is 204 Å². The summed E-state index contributed by atoms with van der Waals surface area (Å²) >= 11 is 0. The van der Waals surface area contributed by atoms with E-state index in [2.05, 4.69) is 10.6 Å². The number of fused-ring (bicyclic) bond motifs is 3. The lowest BCUT2D eigenvalue weighted by atomic mass is 9.98. The number of amides is 2. The fourth-order valence-electron chi connectivity index (χ4n) is 4.63. The van der Waals surface area contributed by atoms with Crippen molar-refractivity contribution in [2.75, 3.05) is 6.61 Å². The van der Waals surface area contributed by atoms with E-state index in [0.29, 0.717) is 0 Å². The van der Waals surface area contributed by atoms with Crippen LogP contribution in [0.15, 0.2) is 72.8 Å². The third-order valence-corrected chi connectivity index (χ3v) is 6.34. The lowest BCUT2D eigenvalue weighted by Gasteiger charge is -2.22. The Hall–Kier alpha value is -4.13. The van der Waals surface area contributed by atoms with Crippen LogP contribution >= 0.6 is 0 Å². The maximum Gasteiger partial charge on any atom is 0.407 e. The van der Waals surface area contributed by atoms with Crippen LogP contribution in [0.25, 0.3) is 11.1 Å². The van der Waals surface area contributed by atoms with Gasteiger partial charge < -0.3 is 20.5 Å². The average Bonchev–Trinajstić information content (AvgIpc) is 3.16. The van der Waals surface area contributed by atoms with Crippen molar-refractivity contribution in [2.45, 2.75) is 38.3 Å². The summed E-state index contributed by atoms with van der Waals surface area (Å²) in [6.07, 6.45) is -1.40. The lowest BCUT2D eigenvalue weighted by molar-refractivity contribution is -0.140. The van der Waals surface area contributed by atoms with Crippen molar-refractivity contribution in [2.24, 2.45) is 0 Å². The first kappa shape index (κ1) is 24.0. The van der Waals surface area contributed by atoms with E-state index in [1.54, 1.807) is 0 Å². The Morgan fingerprint density at radius 3 is 2.06 bits per heavy atom. The van der Waals surface area contributed by atoms with Gasteiger partial charge in [0.2, 0.25) is 5.91 Å². The largest absolute Gasteiger partial charge is 0.481 e. The molecule has 3 aromatic carbocycles. The number of nitrogens with one attached hydrogen (secondary N) is 2. The zero-order valence-electron chi connectivity index (χ0n) is 19.7. The van der Waals surface area contributed by atoms with Gasteiger partial charge in [0.15, 0.2) is 0 Å². The Morgan fingerprint density at radius 1 is 0.886 bits per heavy atom. The predicted octanol–water partition coefficient (Wildman–Crippen LogP) is 4.55. The molecule has 7 heteroatoms. The summed E-state index contributed by atoms with van der Waals surface area (Å²) in [5, 5.41) is 14.5. The summed E-state index contributed by atoms with van der Waals surface area (Å²) in [4.78, 5) is 36.9. The van der Waals surface area contributed by atoms with Crippen LogP contribution in [-0.2, 0) is 14.3 Å². The van der Waals surface area contributed by atoms with Crippen molar-refractivity contribution in [3.05, 3.63) is 95.1 Å². The number of alkyl carbamates (subject to hydrolysis) is 1. The number of ether oxygens (including phenoxy) is 1. The van der Waals surface area contributed by atoms with Crippen molar-refractivity contribution in [3.8, 4) is 11.1 Å². The van der Waals surface area contributed by atoms with E-state index >= 15 is 0 Å². The van der Waals surface area contributed by atoms with Gasteiger partial charge in [0, 0.05) is 5.92 Å². The van der Waals surface area contributed by atoms with E-state index in [0.717, 1.165) is 33.4 Å². The van der Waals surface area contributed by atoms with Crippen molar-refractivity contribution in [1.29, 1.82) is 0 Å². The second-order valence-corrected chi connectivity index (χ2v) is 8.71. The van der Waals surface area contributed by atoms with E-state index in [-0.39, 0.29) is 18.6 Å². The molecule has 4 rings (SSSR count). The zero-order chi connectivity index (χ0) is 24.9. The fourth-order valence-corrected chi connectivity index (χ4v) is 4.63. The number of benzene rings is 3. The highest BCUT2D eigenvalue weighted by Gasteiger charge is 2.30. The minimum atomic E-state index is -1.27. The number of hydrogen-bond acceptors (Lipinski definition) is 4. The molecule has 1 aliphatic carbocycles. The topological polar surface area (TPSA) is 105 Å². The summed E-state index contributed by atoms with van der Waals surface area (Å²) < 4.78 is 5.49. The number of carboxylic acid groups (broad SMARTS) is 1. The first-order valence-corrected chi connectivity index (χ1v) is 11.5. The number of hydrogen-bond donors (Lipinski definition) is 3. The summed E-state index contributed by atoms with van der Waals surface area (Å²) in [6, 6.07) is 21.9. The third kappa shape index (κ3) is 5.35. The number of rotatable bonds is 8. The van der Waals surface area contributed by atoms with E-state index in [1.807, 2.05) is 86.6 Å². The third-order valence-electron chi connectivity index (χ3n) is 6.34. The van der Waals surface area contributed by atoms with Crippen LogP contribution in [0.5, 0.6) is 0 Å². The fraction of sp³-hybridized carbons (Fsp3) is 0.250. The smallest absolute Gasteiger partial charge is 0.407 e. The van der Waals surface area contributed by atoms with Crippen LogP contribution < -0.4 is 10.6 Å². The molecule has 180 valence electrons. The Balaban J connectivity index is 1.42. The monoisotopic (exact) mass is 472 g/mol. The van der Waals surface area contributed by atoms with Gasteiger partial charge in [-0.25, -0.2) is 4.79 Å². The van der Waals surface area contributed by atoms with Crippen LogP contribution in [0.4, 0.5) is 4.79 Å². The molecule has 3 aromatic rings. The number of carbonyl (C=O) groups is 3. The van der Waals surface area contributed by atoms with Gasteiger partial charge in [0.1, 0.15) is 12.6 Å². The molecule has 0 spiro atoms. The van der Waals surface area contributed by atoms with Crippen molar-refractivity contribution in [1.82, 2.24) is 10.6 Å². The summed E-state index contributed by atoms with van der Waals surface area (Å²) in [5.74, 6) is -1.93. The standard InChI is InChI=1S/C28H28N2O5/c1-17-9-3-4-10-19(17)18(2)29-27(33)25(15-26(31)32)30-28(34)35-16-24-22-13-7-5-11-20(22)21-12-6-8-14-23(21)24/h3-14,18,24-25H,15-16H2,1-2H3,(H,29,33)(H,30,34)(H,31,32)/t18-,25?/m1/s1. The van der Waals surface area contributed by atoms with Gasteiger partial charge in [0.05, 0.1) is 12.5 Å². The summed E-state index contributed by atoms with van der Waals surface area (Å²) in [7, 11) is 0. The molecule has 0 aliphatic heterocycles. The SMILES string of the molecule is Cc1ccccc1[C@@H](C)NC(=O)C(CC(=O)O)NC(=O)OCC1c2ccccc2-c2ccccc21. The van der Waals surface area contributed by atoms with Crippen LogP contribution in [-0.4, -0.2) is 35.7 Å². The van der Waals surface area contributed by atoms with Gasteiger partial charge >= 0.3 is 12.1 Å². The normalized spacial score (nSPS) is 13.8. The summed E-state index contributed by atoms with van der Waals surface area (Å²) in [5.41, 5.74) is 6.24. The van der Waals surface area contributed by atoms with Crippen molar-refractivity contribution >= 4 is 18.0 Å². The number of carbonyl (C=O) groups excluding carboxylic acids is 2. The quantitative estimate of drug-likeness (QED) is 0.446. The second-order valence-electron chi connectivity index (χ2n) is 8.71. The van der Waals surface area contributed by atoms with Crippen LogP contribution in [0, 0.1) is 6.92 Å². The van der Waals surface area contributed by atoms with Crippen molar-refractivity contribution < 1.29 is 24.2 Å². The summed E-state index contributed by atoms with van der Waals surface area (Å²) in [6.45, 7) is 3.81. The average molecular weight is 473 g/mol. The molecule has 0 radical (unpaired) electrons. The highest BCUT2D eigenvalue weighted by atomic mass is 16.5. The molecular weight excluding hydrogens is 444 g/mol. The first-order chi connectivity index (χ1) is 16.8. The molecule has 0 saturated heterocycles. The molecule has 0 saturated carbocycles. The molecule has 1 unspecified atom stereocenters. The lowest BCUT2D eigenvalue weighted by Crippen LogP contribution is -2.48. The number of aryl methyl sites for hydroxylation is 1. The van der Waals surface area contributed by atoms with Crippen LogP contribution in [0.2, 0.25) is 0 Å².